The van der Waals surface area contributed by atoms with E-state index in [1.165, 1.54) is 0 Å². The lowest BCUT2D eigenvalue weighted by Gasteiger charge is -2.21. The van der Waals surface area contributed by atoms with Gasteiger partial charge in [0.05, 0.1) is 19.1 Å². The molecule has 5 nitrogen and oxygen atoms in total. The highest BCUT2D eigenvalue weighted by atomic mass is 16.5. The minimum absolute atomic E-state index is 0.00533. The van der Waals surface area contributed by atoms with E-state index in [-0.39, 0.29) is 18.0 Å². The first-order valence-corrected chi connectivity index (χ1v) is 6.76. The SMILES string of the molecule is CCOC(=O)CCCNC(=O)CC1CCCCO1. The zero-order chi connectivity index (χ0) is 13.2. The standard InChI is InChI=1S/C13H23NO4/c1-2-17-13(16)7-5-8-14-12(15)10-11-6-3-4-9-18-11/h11H,2-10H2,1H3,(H,14,15). The van der Waals surface area contributed by atoms with Crippen LogP contribution in [0.1, 0.15) is 45.4 Å². The van der Waals surface area contributed by atoms with Crippen LogP contribution in [0, 0.1) is 0 Å². The number of carbonyl (C=O) groups is 2. The zero-order valence-corrected chi connectivity index (χ0v) is 11.1. The van der Waals surface area contributed by atoms with Gasteiger partial charge in [-0.3, -0.25) is 9.59 Å². The van der Waals surface area contributed by atoms with E-state index in [1.54, 1.807) is 6.92 Å². The van der Waals surface area contributed by atoms with Crippen LogP contribution in [-0.4, -0.2) is 37.7 Å². The Morgan fingerprint density at radius 2 is 2.22 bits per heavy atom. The third-order valence-corrected chi connectivity index (χ3v) is 2.87. The molecule has 1 rings (SSSR count). The first-order chi connectivity index (χ1) is 8.72. The normalized spacial score (nSPS) is 19.3. The molecule has 1 atom stereocenters. The van der Waals surface area contributed by atoms with E-state index in [0.29, 0.717) is 32.4 Å². The number of hydrogen-bond acceptors (Lipinski definition) is 4. The smallest absolute Gasteiger partial charge is 0.305 e. The summed E-state index contributed by atoms with van der Waals surface area (Å²) in [6.07, 6.45) is 4.68. The molecule has 1 aliphatic rings. The van der Waals surface area contributed by atoms with Crippen molar-refractivity contribution in [2.45, 2.75) is 51.6 Å². The van der Waals surface area contributed by atoms with Crippen LogP contribution in [0.25, 0.3) is 0 Å². The molecule has 1 heterocycles. The van der Waals surface area contributed by atoms with Gasteiger partial charge in [-0.2, -0.15) is 0 Å². The third kappa shape index (κ3) is 6.59. The average molecular weight is 257 g/mol. The van der Waals surface area contributed by atoms with Gasteiger partial charge < -0.3 is 14.8 Å². The molecule has 0 radical (unpaired) electrons. The van der Waals surface area contributed by atoms with Crippen molar-refractivity contribution in [2.24, 2.45) is 0 Å². The minimum atomic E-state index is -0.206. The first kappa shape index (κ1) is 15.0. The molecule has 0 aromatic carbocycles. The van der Waals surface area contributed by atoms with E-state index in [4.69, 9.17) is 9.47 Å². The largest absolute Gasteiger partial charge is 0.466 e. The molecule has 5 heteroatoms. The lowest BCUT2D eigenvalue weighted by Crippen LogP contribution is -2.31. The second-order valence-electron chi connectivity index (χ2n) is 4.45. The molecule has 18 heavy (non-hydrogen) atoms. The van der Waals surface area contributed by atoms with Gasteiger partial charge in [-0.25, -0.2) is 0 Å². The summed E-state index contributed by atoms with van der Waals surface area (Å²) in [5.74, 6) is -0.201. The van der Waals surface area contributed by atoms with Gasteiger partial charge in [0.1, 0.15) is 0 Å². The Labute approximate surface area is 108 Å². The fourth-order valence-corrected chi connectivity index (χ4v) is 1.94. The average Bonchev–Trinajstić information content (AvgIpc) is 2.36. The van der Waals surface area contributed by atoms with Gasteiger partial charge in [0, 0.05) is 19.6 Å². The van der Waals surface area contributed by atoms with Crippen molar-refractivity contribution in [3.05, 3.63) is 0 Å². The van der Waals surface area contributed by atoms with Gasteiger partial charge >= 0.3 is 5.97 Å². The third-order valence-electron chi connectivity index (χ3n) is 2.87. The molecule has 1 aliphatic heterocycles. The number of hydrogen-bond donors (Lipinski definition) is 1. The van der Waals surface area contributed by atoms with Crippen molar-refractivity contribution in [1.29, 1.82) is 0 Å². The van der Waals surface area contributed by atoms with Crippen LogP contribution in [0.5, 0.6) is 0 Å². The number of nitrogens with one attached hydrogen (secondary N) is 1. The predicted molar refractivity (Wildman–Crippen MR) is 67.1 cm³/mol. The summed E-state index contributed by atoms with van der Waals surface area (Å²) in [4.78, 5) is 22.6. The number of amides is 1. The summed E-state index contributed by atoms with van der Waals surface area (Å²) in [7, 11) is 0. The highest BCUT2D eigenvalue weighted by Gasteiger charge is 2.17. The van der Waals surface area contributed by atoms with Gasteiger partial charge in [-0.1, -0.05) is 0 Å². The number of ether oxygens (including phenoxy) is 2. The molecule has 1 fully saturated rings. The van der Waals surface area contributed by atoms with Gasteiger partial charge in [0.2, 0.25) is 5.91 Å². The Hall–Kier alpha value is -1.10. The molecule has 0 aliphatic carbocycles. The van der Waals surface area contributed by atoms with Crippen LogP contribution in [0.3, 0.4) is 0 Å². The van der Waals surface area contributed by atoms with Gasteiger partial charge in [0.15, 0.2) is 0 Å². The summed E-state index contributed by atoms with van der Waals surface area (Å²) >= 11 is 0. The maximum absolute atomic E-state index is 11.6. The number of rotatable bonds is 7. The van der Waals surface area contributed by atoms with E-state index in [9.17, 15) is 9.59 Å². The molecule has 0 aromatic rings. The molecule has 1 N–H and O–H groups in total. The van der Waals surface area contributed by atoms with E-state index in [1.807, 2.05) is 0 Å². The zero-order valence-electron chi connectivity index (χ0n) is 11.1. The summed E-state index contributed by atoms with van der Waals surface area (Å²) in [5, 5.41) is 2.80. The first-order valence-electron chi connectivity index (χ1n) is 6.76. The summed E-state index contributed by atoms with van der Waals surface area (Å²) in [6.45, 7) is 3.47. The predicted octanol–water partition coefficient (Wildman–Crippen LogP) is 1.41. The maximum atomic E-state index is 11.6. The maximum Gasteiger partial charge on any atom is 0.305 e. The number of esters is 1. The van der Waals surface area contributed by atoms with Crippen LogP contribution < -0.4 is 5.32 Å². The Morgan fingerprint density at radius 1 is 1.39 bits per heavy atom. The highest BCUT2D eigenvalue weighted by Crippen LogP contribution is 2.15. The van der Waals surface area contributed by atoms with Crippen molar-refractivity contribution in [1.82, 2.24) is 5.32 Å². The molecule has 1 unspecified atom stereocenters. The van der Waals surface area contributed by atoms with Crippen LogP contribution >= 0.6 is 0 Å². The quantitative estimate of drug-likeness (QED) is 0.553. The van der Waals surface area contributed by atoms with E-state index in [2.05, 4.69) is 5.32 Å². The van der Waals surface area contributed by atoms with E-state index in [0.717, 1.165) is 25.9 Å². The van der Waals surface area contributed by atoms with Gasteiger partial charge in [0.25, 0.3) is 0 Å². The Balaban J connectivity index is 2.01. The Morgan fingerprint density at radius 3 is 2.89 bits per heavy atom. The topological polar surface area (TPSA) is 64.6 Å². The Bertz CT molecular complexity index is 262. The van der Waals surface area contributed by atoms with E-state index >= 15 is 0 Å². The molecule has 104 valence electrons. The molecular formula is C13H23NO4. The van der Waals surface area contributed by atoms with Crippen molar-refractivity contribution < 1.29 is 19.1 Å². The van der Waals surface area contributed by atoms with Crippen LogP contribution in [-0.2, 0) is 19.1 Å². The van der Waals surface area contributed by atoms with Crippen molar-refractivity contribution in [3.8, 4) is 0 Å². The van der Waals surface area contributed by atoms with Gasteiger partial charge in [-0.15, -0.1) is 0 Å². The summed E-state index contributed by atoms with van der Waals surface area (Å²) in [6, 6.07) is 0. The molecule has 1 saturated heterocycles. The van der Waals surface area contributed by atoms with Crippen LogP contribution in [0.2, 0.25) is 0 Å². The lowest BCUT2D eigenvalue weighted by atomic mass is 10.1. The number of carbonyl (C=O) groups excluding carboxylic acids is 2. The second-order valence-corrected chi connectivity index (χ2v) is 4.45. The van der Waals surface area contributed by atoms with E-state index < -0.39 is 0 Å². The lowest BCUT2D eigenvalue weighted by molar-refractivity contribution is -0.143. The van der Waals surface area contributed by atoms with Crippen molar-refractivity contribution in [2.75, 3.05) is 19.8 Å². The summed E-state index contributed by atoms with van der Waals surface area (Å²) < 4.78 is 10.3. The van der Waals surface area contributed by atoms with Crippen molar-refractivity contribution >= 4 is 11.9 Å². The highest BCUT2D eigenvalue weighted by molar-refractivity contribution is 5.76. The van der Waals surface area contributed by atoms with Crippen molar-refractivity contribution in [3.63, 3.8) is 0 Å². The molecule has 0 saturated carbocycles. The summed E-state index contributed by atoms with van der Waals surface area (Å²) in [5.41, 5.74) is 0. The molecule has 0 aromatic heterocycles. The minimum Gasteiger partial charge on any atom is -0.466 e. The fraction of sp³-hybridized carbons (Fsp3) is 0.846. The van der Waals surface area contributed by atoms with Crippen LogP contribution in [0.15, 0.2) is 0 Å². The molecule has 1 amide bonds. The second kappa shape index (κ2) is 8.91. The Kier molecular flexibility index (Phi) is 7.41. The van der Waals surface area contributed by atoms with Gasteiger partial charge in [-0.05, 0) is 32.6 Å². The van der Waals surface area contributed by atoms with Crippen LogP contribution in [0.4, 0.5) is 0 Å². The molecule has 0 bridgehead atoms. The fourth-order valence-electron chi connectivity index (χ4n) is 1.94. The molecular weight excluding hydrogens is 234 g/mol. The monoisotopic (exact) mass is 257 g/mol. The molecule has 0 spiro atoms.